The number of carbonyl (C=O) groups excluding carboxylic acids is 1. The molecule has 0 aliphatic heterocycles. The third kappa shape index (κ3) is 2.73. The van der Waals surface area contributed by atoms with Gasteiger partial charge in [0.25, 0.3) is 0 Å². The highest BCUT2D eigenvalue weighted by Gasteiger charge is 2.37. The van der Waals surface area contributed by atoms with Crippen molar-refractivity contribution in [3.05, 3.63) is 0 Å². The summed E-state index contributed by atoms with van der Waals surface area (Å²) in [5.74, 6) is -0.0521. The summed E-state index contributed by atoms with van der Waals surface area (Å²) in [5, 5.41) is 9.16. The summed E-state index contributed by atoms with van der Waals surface area (Å²) in [5.41, 5.74) is -0.785. The minimum absolute atomic E-state index is 0.0521. The molecule has 0 bridgehead atoms. The number of nitrogens with zero attached hydrogens (tertiary/aromatic N) is 2. The molecular weight excluding hydrogens is 176 g/mol. The number of amides is 1. The predicted molar refractivity (Wildman–Crippen MR) is 56.6 cm³/mol. The second-order valence-electron chi connectivity index (χ2n) is 3.89. The van der Waals surface area contributed by atoms with E-state index in [4.69, 9.17) is 5.26 Å². The van der Waals surface area contributed by atoms with Crippen LogP contribution >= 0.6 is 0 Å². The van der Waals surface area contributed by atoms with Crippen molar-refractivity contribution in [2.24, 2.45) is 5.41 Å². The molecule has 0 atom stereocenters. The van der Waals surface area contributed by atoms with Crippen LogP contribution in [-0.4, -0.2) is 24.9 Å². The zero-order chi connectivity index (χ0) is 11.2. The standard InChI is InChI=1S/C11H20N2O/c1-5-7-11(9-12,8-6-2)10(14)13(3)4/h5-8H2,1-4H3. The van der Waals surface area contributed by atoms with Crippen molar-refractivity contribution in [2.75, 3.05) is 14.1 Å². The van der Waals surface area contributed by atoms with Crippen molar-refractivity contribution >= 4 is 5.91 Å². The van der Waals surface area contributed by atoms with E-state index in [2.05, 4.69) is 6.07 Å². The summed E-state index contributed by atoms with van der Waals surface area (Å²) in [7, 11) is 3.42. The minimum atomic E-state index is -0.785. The van der Waals surface area contributed by atoms with Gasteiger partial charge in [-0.2, -0.15) is 5.26 Å². The molecule has 3 nitrogen and oxygen atoms in total. The summed E-state index contributed by atoms with van der Waals surface area (Å²) in [6, 6.07) is 2.21. The zero-order valence-electron chi connectivity index (χ0n) is 9.63. The van der Waals surface area contributed by atoms with Gasteiger partial charge in [0.15, 0.2) is 0 Å². The Morgan fingerprint density at radius 1 is 1.29 bits per heavy atom. The molecule has 80 valence electrons. The first-order valence-corrected chi connectivity index (χ1v) is 5.17. The van der Waals surface area contributed by atoms with Crippen LogP contribution in [-0.2, 0) is 4.79 Å². The van der Waals surface area contributed by atoms with Crippen molar-refractivity contribution in [3.63, 3.8) is 0 Å². The maximum Gasteiger partial charge on any atom is 0.242 e. The quantitative estimate of drug-likeness (QED) is 0.676. The Bertz CT molecular complexity index is 222. The van der Waals surface area contributed by atoms with Gasteiger partial charge in [-0.15, -0.1) is 0 Å². The van der Waals surface area contributed by atoms with Gasteiger partial charge >= 0.3 is 0 Å². The van der Waals surface area contributed by atoms with Gasteiger partial charge in [0.05, 0.1) is 6.07 Å². The minimum Gasteiger partial charge on any atom is -0.347 e. The number of hydrogen-bond acceptors (Lipinski definition) is 2. The van der Waals surface area contributed by atoms with Crippen molar-refractivity contribution in [2.45, 2.75) is 39.5 Å². The molecule has 14 heavy (non-hydrogen) atoms. The Balaban J connectivity index is 4.84. The topological polar surface area (TPSA) is 44.1 Å². The highest BCUT2D eigenvalue weighted by molar-refractivity contribution is 5.85. The molecule has 0 aromatic rings. The van der Waals surface area contributed by atoms with Crippen LogP contribution in [0, 0.1) is 16.7 Å². The molecule has 0 aliphatic carbocycles. The number of rotatable bonds is 5. The zero-order valence-corrected chi connectivity index (χ0v) is 9.63. The predicted octanol–water partition coefficient (Wildman–Crippen LogP) is 2.18. The fraction of sp³-hybridized carbons (Fsp3) is 0.818. The summed E-state index contributed by atoms with van der Waals surface area (Å²) in [6.45, 7) is 4.01. The molecule has 0 aromatic heterocycles. The van der Waals surface area contributed by atoms with E-state index in [0.717, 1.165) is 12.8 Å². The Hall–Kier alpha value is -1.04. The molecule has 1 amide bonds. The summed E-state index contributed by atoms with van der Waals surface area (Å²) in [6.07, 6.45) is 3.06. The van der Waals surface area contributed by atoms with Crippen LogP contribution in [0.5, 0.6) is 0 Å². The number of carbonyl (C=O) groups is 1. The Kier molecular flexibility index (Phi) is 5.22. The van der Waals surface area contributed by atoms with Gasteiger partial charge in [-0.05, 0) is 12.8 Å². The van der Waals surface area contributed by atoms with E-state index in [1.54, 1.807) is 14.1 Å². The molecule has 0 spiro atoms. The monoisotopic (exact) mass is 196 g/mol. The van der Waals surface area contributed by atoms with Crippen molar-refractivity contribution in [3.8, 4) is 6.07 Å². The van der Waals surface area contributed by atoms with Crippen LogP contribution in [0.1, 0.15) is 39.5 Å². The molecule has 0 radical (unpaired) electrons. The maximum atomic E-state index is 11.9. The normalized spacial score (nSPS) is 10.8. The summed E-state index contributed by atoms with van der Waals surface area (Å²) in [4.78, 5) is 13.4. The van der Waals surface area contributed by atoms with Gasteiger partial charge in [-0.1, -0.05) is 26.7 Å². The van der Waals surface area contributed by atoms with Crippen LogP contribution in [0.15, 0.2) is 0 Å². The van der Waals surface area contributed by atoms with E-state index in [9.17, 15) is 4.79 Å². The van der Waals surface area contributed by atoms with E-state index in [1.807, 2.05) is 13.8 Å². The molecule has 0 N–H and O–H groups in total. The summed E-state index contributed by atoms with van der Waals surface area (Å²) < 4.78 is 0. The van der Waals surface area contributed by atoms with E-state index in [0.29, 0.717) is 12.8 Å². The molecule has 0 saturated carbocycles. The lowest BCUT2D eigenvalue weighted by atomic mass is 9.79. The average Bonchev–Trinajstić information content (AvgIpc) is 2.16. The SMILES string of the molecule is CCCC(C#N)(CCC)C(=O)N(C)C. The Morgan fingerprint density at radius 3 is 1.93 bits per heavy atom. The maximum absolute atomic E-state index is 11.9. The second-order valence-corrected chi connectivity index (χ2v) is 3.89. The van der Waals surface area contributed by atoms with Crippen molar-refractivity contribution in [1.29, 1.82) is 5.26 Å². The molecule has 0 fully saturated rings. The van der Waals surface area contributed by atoms with Crippen LogP contribution in [0.2, 0.25) is 0 Å². The second kappa shape index (κ2) is 5.64. The first kappa shape index (κ1) is 13.0. The van der Waals surface area contributed by atoms with Gasteiger partial charge in [0.2, 0.25) is 5.91 Å². The smallest absolute Gasteiger partial charge is 0.242 e. The average molecular weight is 196 g/mol. The lowest BCUT2D eigenvalue weighted by molar-refractivity contribution is -0.137. The van der Waals surface area contributed by atoms with E-state index < -0.39 is 5.41 Å². The first-order chi connectivity index (χ1) is 6.54. The Morgan fingerprint density at radius 2 is 1.71 bits per heavy atom. The molecular formula is C11H20N2O. The fourth-order valence-electron chi connectivity index (χ4n) is 1.78. The summed E-state index contributed by atoms with van der Waals surface area (Å²) >= 11 is 0. The first-order valence-electron chi connectivity index (χ1n) is 5.17. The molecule has 0 heterocycles. The highest BCUT2D eigenvalue weighted by Crippen LogP contribution is 2.30. The van der Waals surface area contributed by atoms with Gasteiger partial charge in [0, 0.05) is 14.1 Å². The Labute approximate surface area is 86.7 Å². The molecule has 0 unspecified atom stereocenters. The fourth-order valence-corrected chi connectivity index (χ4v) is 1.78. The molecule has 3 heteroatoms. The highest BCUT2D eigenvalue weighted by atomic mass is 16.2. The van der Waals surface area contributed by atoms with Gasteiger partial charge < -0.3 is 4.90 Å². The van der Waals surface area contributed by atoms with Crippen molar-refractivity contribution < 1.29 is 4.79 Å². The third-order valence-corrected chi connectivity index (χ3v) is 2.38. The largest absolute Gasteiger partial charge is 0.347 e. The molecule has 0 aliphatic rings. The van der Waals surface area contributed by atoms with Crippen molar-refractivity contribution in [1.82, 2.24) is 4.90 Å². The van der Waals surface area contributed by atoms with Crippen LogP contribution in [0.25, 0.3) is 0 Å². The van der Waals surface area contributed by atoms with Gasteiger partial charge in [-0.3, -0.25) is 4.79 Å². The van der Waals surface area contributed by atoms with Crippen LogP contribution in [0.3, 0.4) is 0 Å². The van der Waals surface area contributed by atoms with Gasteiger partial charge in [-0.25, -0.2) is 0 Å². The lowest BCUT2D eigenvalue weighted by Gasteiger charge is -2.27. The number of hydrogen-bond donors (Lipinski definition) is 0. The van der Waals surface area contributed by atoms with E-state index >= 15 is 0 Å². The van der Waals surface area contributed by atoms with E-state index in [-0.39, 0.29) is 5.91 Å². The van der Waals surface area contributed by atoms with Crippen LogP contribution < -0.4 is 0 Å². The van der Waals surface area contributed by atoms with Gasteiger partial charge in [0.1, 0.15) is 5.41 Å². The molecule has 0 rings (SSSR count). The third-order valence-electron chi connectivity index (χ3n) is 2.38. The van der Waals surface area contributed by atoms with Crippen LogP contribution in [0.4, 0.5) is 0 Å². The lowest BCUT2D eigenvalue weighted by Crippen LogP contribution is -2.39. The number of nitriles is 1. The molecule has 0 saturated heterocycles. The molecule has 0 aromatic carbocycles. The van der Waals surface area contributed by atoms with E-state index in [1.165, 1.54) is 4.90 Å².